The number of hydrogen-bond donors (Lipinski definition) is 2. The molecule has 0 heterocycles. The van der Waals surface area contributed by atoms with Gasteiger partial charge in [0, 0.05) is 18.5 Å². The van der Waals surface area contributed by atoms with Crippen molar-refractivity contribution in [2.24, 2.45) is 0 Å². The van der Waals surface area contributed by atoms with Crippen LogP contribution in [-0.2, 0) is 14.3 Å². The third-order valence-electron chi connectivity index (χ3n) is 2.88. The molecule has 1 aromatic rings. The summed E-state index contributed by atoms with van der Waals surface area (Å²) in [6, 6.07) is 8.30. The molecule has 1 aromatic carbocycles. The van der Waals surface area contributed by atoms with Gasteiger partial charge in [-0.25, -0.2) is 4.79 Å². The van der Waals surface area contributed by atoms with Crippen LogP contribution in [0.5, 0.6) is 0 Å². The van der Waals surface area contributed by atoms with Crippen molar-refractivity contribution in [3.8, 4) is 0 Å². The van der Waals surface area contributed by atoms with Crippen LogP contribution in [0.3, 0.4) is 0 Å². The summed E-state index contributed by atoms with van der Waals surface area (Å²) in [5.41, 5.74) is 0.669. The fourth-order valence-electron chi connectivity index (χ4n) is 1.83. The molecule has 0 aliphatic carbocycles. The highest BCUT2D eigenvalue weighted by molar-refractivity contribution is 5.85. The fourth-order valence-corrected chi connectivity index (χ4v) is 1.83. The SMILES string of the molecule is COC(=O)C(NC(=O)CCNC(C)(C)C)c1ccccc1. The van der Waals surface area contributed by atoms with E-state index in [0.717, 1.165) is 0 Å². The van der Waals surface area contributed by atoms with Gasteiger partial charge < -0.3 is 15.4 Å². The Balaban J connectivity index is 2.62. The van der Waals surface area contributed by atoms with Gasteiger partial charge in [-0.05, 0) is 26.3 Å². The number of amides is 1. The van der Waals surface area contributed by atoms with Crippen LogP contribution in [0.4, 0.5) is 0 Å². The average molecular weight is 292 g/mol. The summed E-state index contributed by atoms with van der Waals surface area (Å²) < 4.78 is 4.76. The van der Waals surface area contributed by atoms with E-state index in [0.29, 0.717) is 18.5 Å². The first-order chi connectivity index (χ1) is 9.83. The monoisotopic (exact) mass is 292 g/mol. The van der Waals surface area contributed by atoms with E-state index >= 15 is 0 Å². The van der Waals surface area contributed by atoms with Gasteiger partial charge in [0.1, 0.15) is 0 Å². The van der Waals surface area contributed by atoms with E-state index in [4.69, 9.17) is 4.74 Å². The molecule has 0 spiro atoms. The molecule has 1 unspecified atom stereocenters. The Bertz CT molecular complexity index is 466. The summed E-state index contributed by atoms with van der Waals surface area (Å²) in [4.78, 5) is 23.8. The number of ether oxygens (including phenoxy) is 1. The Hall–Kier alpha value is -1.88. The second kappa shape index (κ2) is 7.78. The van der Waals surface area contributed by atoms with Crippen molar-refractivity contribution in [2.45, 2.75) is 38.8 Å². The maximum Gasteiger partial charge on any atom is 0.333 e. The van der Waals surface area contributed by atoms with Gasteiger partial charge in [-0.15, -0.1) is 0 Å². The predicted octanol–water partition coefficient (Wildman–Crippen LogP) is 1.80. The first-order valence-corrected chi connectivity index (χ1v) is 7.00. The Morgan fingerprint density at radius 2 is 1.81 bits per heavy atom. The molecule has 0 saturated carbocycles. The van der Waals surface area contributed by atoms with Gasteiger partial charge in [0.15, 0.2) is 6.04 Å². The van der Waals surface area contributed by atoms with Crippen LogP contribution in [0.1, 0.15) is 38.8 Å². The molecule has 116 valence electrons. The van der Waals surface area contributed by atoms with Gasteiger partial charge >= 0.3 is 5.97 Å². The smallest absolute Gasteiger partial charge is 0.333 e. The van der Waals surface area contributed by atoms with Crippen molar-refractivity contribution in [3.63, 3.8) is 0 Å². The molecule has 0 aromatic heterocycles. The minimum Gasteiger partial charge on any atom is -0.467 e. The maximum atomic E-state index is 12.0. The molecule has 0 aliphatic heterocycles. The first kappa shape index (κ1) is 17.2. The number of carbonyl (C=O) groups is 2. The highest BCUT2D eigenvalue weighted by Crippen LogP contribution is 2.14. The van der Waals surface area contributed by atoms with Gasteiger partial charge in [-0.3, -0.25) is 4.79 Å². The molecule has 5 nitrogen and oxygen atoms in total. The summed E-state index contributed by atoms with van der Waals surface area (Å²) in [7, 11) is 1.31. The van der Waals surface area contributed by atoms with Crippen LogP contribution in [0.2, 0.25) is 0 Å². The summed E-state index contributed by atoms with van der Waals surface area (Å²) >= 11 is 0. The third-order valence-corrected chi connectivity index (χ3v) is 2.88. The van der Waals surface area contributed by atoms with Crippen molar-refractivity contribution >= 4 is 11.9 Å². The molecular formula is C16H24N2O3. The van der Waals surface area contributed by atoms with Gasteiger partial charge in [-0.1, -0.05) is 30.3 Å². The van der Waals surface area contributed by atoms with Crippen LogP contribution in [-0.4, -0.2) is 31.1 Å². The zero-order valence-electron chi connectivity index (χ0n) is 13.1. The highest BCUT2D eigenvalue weighted by atomic mass is 16.5. The molecule has 1 amide bonds. The molecule has 0 radical (unpaired) electrons. The zero-order chi connectivity index (χ0) is 15.9. The number of esters is 1. The zero-order valence-corrected chi connectivity index (χ0v) is 13.1. The van der Waals surface area contributed by atoms with Crippen LogP contribution in [0.25, 0.3) is 0 Å². The van der Waals surface area contributed by atoms with Gasteiger partial charge in [0.25, 0.3) is 0 Å². The van der Waals surface area contributed by atoms with Crippen molar-refractivity contribution in [2.75, 3.05) is 13.7 Å². The number of methoxy groups -OCH3 is 1. The molecule has 5 heteroatoms. The molecule has 0 fully saturated rings. The topological polar surface area (TPSA) is 67.4 Å². The number of benzene rings is 1. The molecule has 1 rings (SSSR count). The summed E-state index contributed by atoms with van der Waals surface area (Å²) in [5, 5.41) is 5.95. The molecule has 0 bridgehead atoms. The number of rotatable bonds is 6. The standard InChI is InChI=1S/C16H24N2O3/c1-16(2,3)17-11-10-13(19)18-14(15(20)21-4)12-8-6-5-7-9-12/h5-9,14,17H,10-11H2,1-4H3,(H,18,19). The van der Waals surface area contributed by atoms with Crippen LogP contribution in [0.15, 0.2) is 30.3 Å². The van der Waals surface area contributed by atoms with Gasteiger partial charge in [0.2, 0.25) is 5.91 Å². The van der Waals surface area contributed by atoms with Crippen molar-refractivity contribution in [1.82, 2.24) is 10.6 Å². The molecule has 0 aliphatic rings. The number of nitrogens with one attached hydrogen (secondary N) is 2. The molecule has 2 N–H and O–H groups in total. The van der Waals surface area contributed by atoms with Crippen molar-refractivity contribution in [1.29, 1.82) is 0 Å². The van der Waals surface area contributed by atoms with E-state index in [2.05, 4.69) is 10.6 Å². The normalized spacial score (nSPS) is 12.6. The lowest BCUT2D eigenvalue weighted by molar-refractivity contribution is -0.145. The molecular weight excluding hydrogens is 268 g/mol. The Morgan fingerprint density at radius 3 is 2.33 bits per heavy atom. The van der Waals surface area contributed by atoms with Crippen molar-refractivity contribution in [3.05, 3.63) is 35.9 Å². The maximum absolute atomic E-state index is 12.0. The lowest BCUT2D eigenvalue weighted by Gasteiger charge is -2.21. The Morgan fingerprint density at radius 1 is 1.19 bits per heavy atom. The molecule has 21 heavy (non-hydrogen) atoms. The van der Waals surface area contributed by atoms with Crippen LogP contribution < -0.4 is 10.6 Å². The summed E-state index contributed by atoms with van der Waals surface area (Å²) in [6.45, 7) is 6.66. The number of carbonyl (C=O) groups excluding carboxylic acids is 2. The predicted molar refractivity (Wildman–Crippen MR) is 81.7 cm³/mol. The van der Waals surface area contributed by atoms with E-state index in [-0.39, 0.29) is 11.4 Å². The highest BCUT2D eigenvalue weighted by Gasteiger charge is 2.23. The molecule has 1 atom stereocenters. The summed E-state index contributed by atoms with van der Waals surface area (Å²) in [5.74, 6) is -0.663. The van der Waals surface area contributed by atoms with E-state index in [1.165, 1.54) is 7.11 Å². The first-order valence-electron chi connectivity index (χ1n) is 7.00. The Kier molecular flexibility index (Phi) is 6.37. The second-order valence-corrected chi connectivity index (χ2v) is 5.86. The van der Waals surface area contributed by atoms with Gasteiger partial charge in [-0.2, -0.15) is 0 Å². The fraction of sp³-hybridized carbons (Fsp3) is 0.500. The average Bonchev–Trinajstić information content (AvgIpc) is 2.43. The lowest BCUT2D eigenvalue weighted by Crippen LogP contribution is -2.40. The largest absolute Gasteiger partial charge is 0.467 e. The second-order valence-electron chi connectivity index (χ2n) is 5.86. The van der Waals surface area contributed by atoms with E-state index in [1.54, 1.807) is 12.1 Å². The minimum atomic E-state index is -0.765. The van der Waals surface area contributed by atoms with Crippen molar-refractivity contribution < 1.29 is 14.3 Å². The van der Waals surface area contributed by atoms with Gasteiger partial charge in [0.05, 0.1) is 7.11 Å². The van der Waals surface area contributed by atoms with Crippen LogP contribution >= 0.6 is 0 Å². The minimum absolute atomic E-state index is 0.0402. The van der Waals surface area contributed by atoms with Crippen LogP contribution in [0, 0.1) is 0 Å². The third kappa shape index (κ3) is 6.40. The molecule has 0 saturated heterocycles. The quantitative estimate of drug-likeness (QED) is 0.785. The Labute approximate surface area is 126 Å². The number of hydrogen-bond acceptors (Lipinski definition) is 4. The van der Waals surface area contributed by atoms with E-state index < -0.39 is 12.0 Å². The van der Waals surface area contributed by atoms with E-state index in [9.17, 15) is 9.59 Å². The summed E-state index contributed by atoms with van der Waals surface area (Å²) in [6.07, 6.45) is 0.303. The lowest BCUT2D eigenvalue weighted by atomic mass is 10.1. The van der Waals surface area contributed by atoms with E-state index in [1.807, 2.05) is 39.0 Å².